The molecule has 0 atom stereocenters. The molecule has 0 unspecified atom stereocenters. The standard InChI is InChI=1S/C14H15N5O6S/c1-8-15-12(17-13(16-8)25-3)19(2)14(22)18-26(23,24)10-7-5-4-6-9(10)11(20)21/h4-7H,1-3H3,(H,18,22)(H,20,21). The van der Waals surface area contributed by atoms with Crippen molar-refractivity contribution in [1.29, 1.82) is 0 Å². The van der Waals surface area contributed by atoms with E-state index in [1.54, 1.807) is 11.6 Å². The highest BCUT2D eigenvalue weighted by Gasteiger charge is 2.26. The van der Waals surface area contributed by atoms with Crippen LogP contribution in [0, 0.1) is 6.92 Å². The number of benzene rings is 1. The first-order valence-corrected chi connectivity index (χ1v) is 8.53. The topological polar surface area (TPSA) is 152 Å². The highest BCUT2D eigenvalue weighted by Crippen LogP contribution is 2.16. The zero-order valence-electron chi connectivity index (χ0n) is 14.0. The van der Waals surface area contributed by atoms with E-state index in [0.29, 0.717) is 0 Å². The Kier molecular flexibility index (Phi) is 5.35. The largest absolute Gasteiger partial charge is 0.478 e. The Bertz CT molecular complexity index is 962. The Morgan fingerprint density at radius 2 is 1.85 bits per heavy atom. The fourth-order valence-corrected chi connectivity index (χ4v) is 3.07. The first-order chi connectivity index (χ1) is 12.2. The lowest BCUT2D eigenvalue weighted by Gasteiger charge is -2.17. The third kappa shape index (κ3) is 4.03. The van der Waals surface area contributed by atoms with Gasteiger partial charge in [0.25, 0.3) is 10.0 Å². The molecule has 0 aliphatic heterocycles. The lowest BCUT2D eigenvalue weighted by Crippen LogP contribution is -2.42. The quantitative estimate of drug-likeness (QED) is 0.750. The van der Waals surface area contributed by atoms with Crippen LogP contribution in [0.5, 0.6) is 6.01 Å². The van der Waals surface area contributed by atoms with Crippen molar-refractivity contribution in [3.05, 3.63) is 35.7 Å². The predicted molar refractivity (Wildman–Crippen MR) is 88.6 cm³/mol. The van der Waals surface area contributed by atoms with Gasteiger partial charge in [0.05, 0.1) is 12.7 Å². The minimum Gasteiger partial charge on any atom is -0.478 e. The maximum atomic E-state index is 12.4. The number of urea groups is 1. The van der Waals surface area contributed by atoms with Crippen LogP contribution in [0.3, 0.4) is 0 Å². The number of aromatic carboxylic acids is 1. The minimum atomic E-state index is -4.44. The summed E-state index contributed by atoms with van der Waals surface area (Å²) in [7, 11) is -1.87. The van der Waals surface area contributed by atoms with Gasteiger partial charge in [-0.25, -0.2) is 22.7 Å². The number of nitrogens with one attached hydrogen (secondary N) is 1. The Labute approximate surface area is 148 Å². The Morgan fingerprint density at radius 3 is 2.46 bits per heavy atom. The van der Waals surface area contributed by atoms with E-state index in [1.165, 1.54) is 26.3 Å². The molecule has 1 heterocycles. The number of aromatic nitrogens is 3. The van der Waals surface area contributed by atoms with Crippen molar-refractivity contribution >= 4 is 28.0 Å². The van der Waals surface area contributed by atoms with Gasteiger partial charge in [-0.3, -0.25) is 4.90 Å². The van der Waals surface area contributed by atoms with Crippen molar-refractivity contribution < 1.29 is 27.9 Å². The first kappa shape index (κ1) is 19.1. The molecule has 11 nitrogen and oxygen atoms in total. The molecule has 0 spiro atoms. The summed E-state index contributed by atoms with van der Waals surface area (Å²) in [5.74, 6) is -1.33. The van der Waals surface area contributed by atoms with E-state index < -0.39 is 32.5 Å². The third-order valence-electron chi connectivity index (χ3n) is 3.13. The predicted octanol–water partition coefficient (Wildman–Crippen LogP) is 0.422. The number of carboxylic acids is 1. The van der Waals surface area contributed by atoms with Crippen LogP contribution >= 0.6 is 0 Å². The van der Waals surface area contributed by atoms with Gasteiger partial charge in [-0.05, 0) is 19.1 Å². The summed E-state index contributed by atoms with van der Waals surface area (Å²) < 4.78 is 31.4. The highest BCUT2D eigenvalue weighted by atomic mass is 32.2. The number of nitrogens with zero attached hydrogens (tertiary/aromatic N) is 4. The van der Waals surface area contributed by atoms with Crippen LogP contribution in [-0.4, -0.2) is 54.6 Å². The SMILES string of the molecule is COc1nc(C)nc(N(C)C(=O)NS(=O)(=O)c2ccccc2C(=O)O)n1. The number of carbonyl (C=O) groups excluding carboxylic acids is 1. The van der Waals surface area contributed by atoms with E-state index in [1.807, 2.05) is 0 Å². The molecule has 0 saturated carbocycles. The fourth-order valence-electron chi connectivity index (χ4n) is 1.89. The molecule has 0 aliphatic carbocycles. The van der Waals surface area contributed by atoms with Crippen LogP contribution in [-0.2, 0) is 10.0 Å². The van der Waals surface area contributed by atoms with Crippen LogP contribution in [0.1, 0.15) is 16.2 Å². The van der Waals surface area contributed by atoms with E-state index in [0.717, 1.165) is 17.0 Å². The average molecular weight is 381 g/mol. The molecule has 12 heteroatoms. The van der Waals surface area contributed by atoms with Crippen LogP contribution in [0.4, 0.5) is 10.7 Å². The van der Waals surface area contributed by atoms with Gasteiger partial charge in [0.1, 0.15) is 10.7 Å². The van der Waals surface area contributed by atoms with E-state index in [9.17, 15) is 18.0 Å². The number of rotatable bonds is 5. The molecule has 1 aromatic heterocycles. The number of anilines is 1. The third-order valence-corrected chi connectivity index (χ3v) is 4.51. The van der Waals surface area contributed by atoms with Crippen molar-refractivity contribution in [2.75, 3.05) is 19.1 Å². The molecule has 2 N–H and O–H groups in total. The van der Waals surface area contributed by atoms with Gasteiger partial charge < -0.3 is 9.84 Å². The van der Waals surface area contributed by atoms with Gasteiger partial charge in [0.2, 0.25) is 5.95 Å². The molecule has 2 amide bonds. The molecule has 0 radical (unpaired) electrons. The summed E-state index contributed by atoms with van der Waals surface area (Å²) in [5, 5.41) is 9.11. The Balaban J connectivity index is 2.31. The van der Waals surface area contributed by atoms with Gasteiger partial charge >= 0.3 is 18.0 Å². The van der Waals surface area contributed by atoms with Gasteiger partial charge in [0.15, 0.2) is 0 Å². The maximum Gasteiger partial charge on any atom is 0.337 e. The number of methoxy groups -OCH3 is 1. The number of ether oxygens (including phenoxy) is 1. The number of carbonyl (C=O) groups is 2. The molecule has 0 saturated heterocycles. The number of hydrogen-bond donors (Lipinski definition) is 2. The minimum absolute atomic E-state index is 0.0498. The zero-order chi connectivity index (χ0) is 19.5. The van der Waals surface area contributed by atoms with Crippen LogP contribution in [0.2, 0.25) is 0 Å². The van der Waals surface area contributed by atoms with Crippen molar-refractivity contribution in [3.8, 4) is 6.01 Å². The molecular weight excluding hydrogens is 366 g/mol. The van der Waals surface area contributed by atoms with Gasteiger partial charge in [0, 0.05) is 7.05 Å². The van der Waals surface area contributed by atoms with E-state index >= 15 is 0 Å². The molecule has 2 aromatic rings. The van der Waals surface area contributed by atoms with E-state index in [2.05, 4.69) is 15.0 Å². The van der Waals surface area contributed by atoms with Gasteiger partial charge in [-0.15, -0.1) is 0 Å². The number of sulfonamides is 1. The normalized spacial score (nSPS) is 10.9. The number of carboxylic acid groups (broad SMARTS) is 1. The average Bonchev–Trinajstić information content (AvgIpc) is 2.60. The molecule has 2 rings (SSSR count). The van der Waals surface area contributed by atoms with Crippen LogP contribution in [0.15, 0.2) is 29.2 Å². The summed E-state index contributed by atoms with van der Waals surface area (Å²) in [6.07, 6.45) is 0. The summed E-state index contributed by atoms with van der Waals surface area (Å²) in [4.78, 5) is 35.4. The molecule has 138 valence electrons. The van der Waals surface area contributed by atoms with Gasteiger partial charge in [-0.2, -0.15) is 15.0 Å². The maximum absolute atomic E-state index is 12.4. The second-order valence-electron chi connectivity index (χ2n) is 4.94. The first-order valence-electron chi connectivity index (χ1n) is 7.05. The van der Waals surface area contributed by atoms with Crippen molar-refractivity contribution in [2.24, 2.45) is 0 Å². The molecular formula is C14H15N5O6S. The Morgan fingerprint density at radius 1 is 1.19 bits per heavy atom. The van der Waals surface area contributed by atoms with Gasteiger partial charge in [-0.1, -0.05) is 12.1 Å². The second-order valence-corrected chi connectivity index (χ2v) is 6.59. The monoisotopic (exact) mass is 381 g/mol. The molecule has 1 aromatic carbocycles. The molecule has 0 fully saturated rings. The fraction of sp³-hybridized carbons (Fsp3) is 0.214. The van der Waals surface area contributed by atoms with Crippen molar-refractivity contribution in [1.82, 2.24) is 19.7 Å². The smallest absolute Gasteiger partial charge is 0.337 e. The summed E-state index contributed by atoms with van der Waals surface area (Å²) >= 11 is 0. The number of amides is 2. The summed E-state index contributed by atoms with van der Waals surface area (Å²) in [6, 6.07) is 3.77. The van der Waals surface area contributed by atoms with Crippen LogP contribution < -0.4 is 14.4 Å². The molecule has 0 aliphatic rings. The zero-order valence-corrected chi connectivity index (χ0v) is 14.8. The number of aryl methyl sites for hydroxylation is 1. The van der Waals surface area contributed by atoms with E-state index in [4.69, 9.17) is 9.84 Å². The van der Waals surface area contributed by atoms with E-state index in [-0.39, 0.29) is 17.8 Å². The molecule has 0 bridgehead atoms. The van der Waals surface area contributed by atoms with Crippen LogP contribution in [0.25, 0.3) is 0 Å². The second kappa shape index (κ2) is 7.31. The lowest BCUT2D eigenvalue weighted by atomic mass is 10.2. The summed E-state index contributed by atoms with van der Waals surface area (Å²) in [5.41, 5.74) is -0.465. The number of hydrogen-bond acceptors (Lipinski definition) is 8. The summed E-state index contributed by atoms with van der Waals surface area (Å²) in [6.45, 7) is 1.54. The Hall–Kier alpha value is -3.28. The highest BCUT2D eigenvalue weighted by molar-refractivity contribution is 7.90. The molecule has 26 heavy (non-hydrogen) atoms. The van der Waals surface area contributed by atoms with Crippen molar-refractivity contribution in [2.45, 2.75) is 11.8 Å². The lowest BCUT2D eigenvalue weighted by molar-refractivity contribution is 0.0692. The van der Waals surface area contributed by atoms with Crippen molar-refractivity contribution in [3.63, 3.8) is 0 Å².